The molecule has 0 heterocycles. The van der Waals surface area contributed by atoms with Crippen molar-refractivity contribution >= 4 is 0 Å². The summed E-state index contributed by atoms with van der Waals surface area (Å²) in [5.74, 6) is 0.322. The van der Waals surface area contributed by atoms with Gasteiger partial charge in [-0.15, -0.1) is 0 Å². The van der Waals surface area contributed by atoms with Crippen LogP contribution in [-0.4, -0.2) is 27.8 Å². The molecule has 0 bridgehead atoms. The predicted octanol–water partition coefficient (Wildman–Crippen LogP) is 0.645. The summed E-state index contributed by atoms with van der Waals surface area (Å²) < 4.78 is 0. The van der Waals surface area contributed by atoms with Crippen molar-refractivity contribution in [3.63, 3.8) is 0 Å². The van der Waals surface area contributed by atoms with Crippen LogP contribution in [0.3, 0.4) is 0 Å². The van der Waals surface area contributed by atoms with Crippen LogP contribution in [0.5, 0.6) is 5.75 Å². The minimum absolute atomic E-state index is 0.322. The van der Waals surface area contributed by atoms with Gasteiger partial charge in [0, 0.05) is 0 Å². The van der Waals surface area contributed by atoms with Gasteiger partial charge in [0.1, 0.15) is 18.2 Å². The Bertz CT molecular complexity index is 218. The van der Waals surface area contributed by atoms with Gasteiger partial charge in [-0.1, -0.05) is 18.2 Å². The van der Waals surface area contributed by atoms with E-state index in [9.17, 15) is 0 Å². The maximum absolute atomic E-state index is 8.63. The first-order chi connectivity index (χ1) is 6.52. The molecule has 1 rings (SSSR count). The highest BCUT2D eigenvalue weighted by molar-refractivity contribution is 5.18. The van der Waals surface area contributed by atoms with Crippen LogP contribution in [0, 0.1) is 0 Å². The number of para-hydroxylation sites is 1. The number of phenols is 1. The van der Waals surface area contributed by atoms with E-state index in [2.05, 4.69) is 5.32 Å². The Kier molecular flexibility index (Phi) is 6.74. The lowest BCUT2D eigenvalue weighted by molar-refractivity contribution is 0.0632. The maximum Gasteiger partial charge on any atom is 0.115 e. The fraction of sp³-hybridized carbons (Fsp3) is 0.400. The van der Waals surface area contributed by atoms with Gasteiger partial charge < -0.3 is 15.3 Å². The monoisotopic (exact) mass is 199 g/mol. The highest BCUT2D eigenvalue weighted by Crippen LogP contribution is 2.02. The molecule has 0 saturated heterocycles. The fourth-order valence-corrected chi connectivity index (χ4v) is 0.777. The molecule has 1 aromatic rings. The van der Waals surface area contributed by atoms with Gasteiger partial charge in [-0.2, -0.15) is 0 Å². The second kappa shape index (κ2) is 7.32. The van der Waals surface area contributed by atoms with Crippen LogP contribution in [-0.2, 0) is 0 Å². The molecule has 0 amide bonds. The number of rotatable bonds is 2. The minimum Gasteiger partial charge on any atom is -0.508 e. The van der Waals surface area contributed by atoms with Gasteiger partial charge in [0.05, 0.1) is 0 Å². The lowest BCUT2D eigenvalue weighted by atomic mass is 10.3. The number of phenolic OH excluding ortho intramolecular Hbond substituents is 1. The van der Waals surface area contributed by atoms with Gasteiger partial charge >= 0.3 is 0 Å². The van der Waals surface area contributed by atoms with Crippen LogP contribution in [0.1, 0.15) is 13.8 Å². The second-order valence-electron chi connectivity index (χ2n) is 2.85. The third kappa shape index (κ3) is 8.99. The van der Waals surface area contributed by atoms with E-state index in [0.717, 1.165) is 0 Å². The quantitative estimate of drug-likeness (QED) is 0.528. The van der Waals surface area contributed by atoms with Gasteiger partial charge in [0.2, 0.25) is 0 Å². The van der Waals surface area contributed by atoms with Crippen molar-refractivity contribution in [2.75, 3.05) is 0 Å². The van der Waals surface area contributed by atoms with Crippen molar-refractivity contribution in [2.45, 2.75) is 26.3 Å². The molecule has 0 aliphatic carbocycles. The maximum atomic E-state index is 8.63. The Labute approximate surface area is 83.8 Å². The topological polar surface area (TPSA) is 72.7 Å². The van der Waals surface area contributed by atoms with Crippen LogP contribution < -0.4 is 5.32 Å². The van der Waals surface area contributed by atoms with Gasteiger partial charge in [-0.3, -0.25) is 5.32 Å². The number of hydrogen-bond donors (Lipinski definition) is 4. The zero-order valence-corrected chi connectivity index (χ0v) is 8.38. The van der Waals surface area contributed by atoms with Gasteiger partial charge in [0.15, 0.2) is 0 Å². The Hall–Kier alpha value is -1.10. The molecule has 4 heteroatoms. The van der Waals surface area contributed by atoms with Crippen LogP contribution in [0.4, 0.5) is 0 Å². The van der Waals surface area contributed by atoms with E-state index in [1.54, 1.807) is 38.1 Å². The van der Waals surface area contributed by atoms with Crippen molar-refractivity contribution < 1.29 is 15.3 Å². The summed E-state index contributed by atoms with van der Waals surface area (Å²) in [6.07, 6.45) is -1.25. The van der Waals surface area contributed by atoms with E-state index in [-0.39, 0.29) is 0 Å². The first-order valence-electron chi connectivity index (χ1n) is 4.38. The summed E-state index contributed by atoms with van der Waals surface area (Å²) in [6, 6.07) is 8.71. The SMILES string of the molecule is CC(O)NC(C)O.Oc1ccccc1. The summed E-state index contributed by atoms with van der Waals surface area (Å²) in [7, 11) is 0. The molecule has 80 valence electrons. The first-order valence-corrected chi connectivity index (χ1v) is 4.38. The van der Waals surface area contributed by atoms with E-state index < -0.39 is 12.5 Å². The molecule has 0 spiro atoms. The Morgan fingerprint density at radius 2 is 1.43 bits per heavy atom. The smallest absolute Gasteiger partial charge is 0.115 e. The summed E-state index contributed by atoms with van der Waals surface area (Å²) in [5, 5.41) is 28.0. The number of aromatic hydroxyl groups is 1. The standard InChI is InChI=1S/C6H6O.C4H11NO2/c7-6-4-2-1-3-5-6;1-3(6)5-4(2)7/h1-5,7H;3-7H,1-2H3. The number of aliphatic hydroxyl groups excluding tert-OH is 2. The van der Waals surface area contributed by atoms with Gasteiger partial charge in [0.25, 0.3) is 0 Å². The number of benzene rings is 1. The molecule has 0 saturated carbocycles. The molecule has 0 radical (unpaired) electrons. The van der Waals surface area contributed by atoms with Crippen molar-refractivity contribution in [3.8, 4) is 5.75 Å². The first kappa shape index (κ1) is 12.9. The third-order valence-electron chi connectivity index (χ3n) is 1.24. The lowest BCUT2D eigenvalue weighted by Gasteiger charge is -2.08. The predicted molar refractivity (Wildman–Crippen MR) is 54.6 cm³/mol. The molecule has 2 atom stereocenters. The van der Waals surface area contributed by atoms with Crippen molar-refractivity contribution in [3.05, 3.63) is 30.3 Å². The van der Waals surface area contributed by atoms with Crippen molar-refractivity contribution in [1.82, 2.24) is 5.32 Å². The molecular weight excluding hydrogens is 182 g/mol. The molecule has 4 N–H and O–H groups in total. The van der Waals surface area contributed by atoms with Crippen molar-refractivity contribution in [1.29, 1.82) is 0 Å². The molecule has 14 heavy (non-hydrogen) atoms. The Morgan fingerprint density at radius 1 is 1.00 bits per heavy atom. The van der Waals surface area contributed by atoms with E-state index in [1.165, 1.54) is 0 Å². The molecule has 0 aromatic heterocycles. The largest absolute Gasteiger partial charge is 0.508 e. The summed E-state index contributed by atoms with van der Waals surface area (Å²) in [4.78, 5) is 0. The fourth-order valence-electron chi connectivity index (χ4n) is 0.777. The van der Waals surface area contributed by atoms with Crippen LogP contribution in [0.25, 0.3) is 0 Å². The molecule has 4 nitrogen and oxygen atoms in total. The molecular formula is C10H17NO3. The van der Waals surface area contributed by atoms with Gasteiger partial charge in [-0.25, -0.2) is 0 Å². The highest BCUT2D eigenvalue weighted by atomic mass is 16.3. The van der Waals surface area contributed by atoms with Gasteiger partial charge in [-0.05, 0) is 26.0 Å². The zero-order valence-electron chi connectivity index (χ0n) is 8.38. The zero-order chi connectivity index (χ0) is 11.0. The summed E-state index contributed by atoms with van der Waals surface area (Å²) in [5.41, 5.74) is 0. The van der Waals surface area contributed by atoms with Crippen LogP contribution in [0.15, 0.2) is 30.3 Å². The Balaban J connectivity index is 0.000000241. The summed E-state index contributed by atoms with van der Waals surface area (Å²) in [6.45, 7) is 3.10. The second-order valence-corrected chi connectivity index (χ2v) is 2.85. The Morgan fingerprint density at radius 3 is 1.57 bits per heavy atom. The molecule has 0 aliphatic heterocycles. The van der Waals surface area contributed by atoms with E-state index in [4.69, 9.17) is 15.3 Å². The number of aliphatic hydroxyl groups is 2. The lowest BCUT2D eigenvalue weighted by Crippen LogP contribution is -2.33. The molecule has 0 aliphatic rings. The number of hydrogen-bond acceptors (Lipinski definition) is 4. The highest BCUT2D eigenvalue weighted by Gasteiger charge is 1.95. The number of nitrogens with one attached hydrogen (secondary N) is 1. The molecule has 2 unspecified atom stereocenters. The van der Waals surface area contributed by atoms with E-state index in [0.29, 0.717) is 5.75 Å². The van der Waals surface area contributed by atoms with Crippen LogP contribution >= 0.6 is 0 Å². The normalized spacial score (nSPS) is 13.7. The molecule has 0 fully saturated rings. The van der Waals surface area contributed by atoms with E-state index >= 15 is 0 Å². The average molecular weight is 199 g/mol. The minimum atomic E-state index is -0.625. The van der Waals surface area contributed by atoms with Crippen LogP contribution in [0.2, 0.25) is 0 Å². The third-order valence-corrected chi connectivity index (χ3v) is 1.24. The summed E-state index contributed by atoms with van der Waals surface area (Å²) >= 11 is 0. The van der Waals surface area contributed by atoms with E-state index in [1.807, 2.05) is 6.07 Å². The molecule has 1 aromatic carbocycles. The average Bonchev–Trinajstić information content (AvgIpc) is 2.03. The van der Waals surface area contributed by atoms with Crippen molar-refractivity contribution in [2.24, 2.45) is 0 Å².